The van der Waals surface area contributed by atoms with Crippen molar-refractivity contribution in [3.05, 3.63) is 30.1 Å². The maximum absolute atomic E-state index is 5.67. The predicted octanol–water partition coefficient (Wildman–Crippen LogP) is 2.82. The molecule has 3 rings (SSSR count). The summed E-state index contributed by atoms with van der Waals surface area (Å²) in [6.07, 6.45) is 3.60. The first-order chi connectivity index (χ1) is 8.31. The molecule has 1 aromatic carbocycles. The lowest BCUT2D eigenvalue weighted by molar-refractivity contribution is 0.593. The van der Waals surface area contributed by atoms with E-state index in [2.05, 4.69) is 35.8 Å². The van der Waals surface area contributed by atoms with E-state index in [4.69, 9.17) is 10.7 Å². The van der Waals surface area contributed by atoms with Gasteiger partial charge in [0.05, 0.1) is 11.0 Å². The van der Waals surface area contributed by atoms with Crippen molar-refractivity contribution in [2.75, 3.05) is 6.54 Å². The second-order valence-corrected chi connectivity index (χ2v) is 5.04. The van der Waals surface area contributed by atoms with E-state index in [9.17, 15) is 0 Å². The minimum absolute atomic E-state index is 0.452. The van der Waals surface area contributed by atoms with E-state index < -0.39 is 0 Å². The van der Waals surface area contributed by atoms with Gasteiger partial charge in [-0.1, -0.05) is 19.1 Å². The van der Waals surface area contributed by atoms with Gasteiger partial charge >= 0.3 is 0 Å². The lowest BCUT2D eigenvalue weighted by atomic mass is 10.1. The number of aromatic nitrogens is 2. The molecule has 1 aliphatic rings. The summed E-state index contributed by atoms with van der Waals surface area (Å²) in [5.41, 5.74) is 8.08. The molecule has 3 heteroatoms. The zero-order chi connectivity index (χ0) is 11.8. The summed E-state index contributed by atoms with van der Waals surface area (Å²) in [6, 6.07) is 9.12. The smallest absolute Gasteiger partial charge is 0.113 e. The van der Waals surface area contributed by atoms with E-state index in [-0.39, 0.29) is 0 Å². The zero-order valence-electron chi connectivity index (χ0n) is 10.3. The largest absolute Gasteiger partial charge is 0.330 e. The molecule has 2 N–H and O–H groups in total. The Kier molecular flexibility index (Phi) is 2.63. The number of nitrogens with zero attached hydrogens (tertiary/aromatic N) is 2. The number of nitrogens with two attached hydrogens (primary N) is 1. The molecule has 0 radical (unpaired) electrons. The number of benzene rings is 1. The summed E-state index contributed by atoms with van der Waals surface area (Å²) >= 11 is 0. The number of hydrogen-bond donors (Lipinski definition) is 1. The van der Waals surface area contributed by atoms with Crippen LogP contribution in [0.3, 0.4) is 0 Å². The van der Waals surface area contributed by atoms with Crippen molar-refractivity contribution in [1.29, 1.82) is 0 Å². The van der Waals surface area contributed by atoms with Crippen LogP contribution in [0.1, 0.15) is 44.0 Å². The standard InChI is InChI=1S/C14H19N3/c1-10(8-9-15)14-16-12-4-2-3-5-13(12)17(14)11-6-7-11/h2-5,10-11H,6-9,15H2,1H3. The molecule has 17 heavy (non-hydrogen) atoms. The molecule has 90 valence electrons. The van der Waals surface area contributed by atoms with Crippen LogP contribution in [0.25, 0.3) is 11.0 Å². The highest BCUT2D eigenvalue weighted by molar-refractivity contribution is 5.76. The van der Waals surface area contributed by atoms with E-state index in [0.717, 1.165) is 18.5 Å². The van der Waals surface area contributed by atoms with Crippen molar-refractivity contribution in [1.82, 2.24) is 9.55 Å². The van der Waals surface area contributed by atoms with Crippen LogP contribution in [0.2, 0.25) is 0 Å². The summed E-state index contributed by atoms with van der Waals surface area (Å²) in [7, 11) is 0. The number of para-hydroxylation sites is 2. The SMILES string of the molecule is CC(CCN)c1nc2ccccc2n1C1CC1. The van der Waals surface area contributed by atoms with Crippen LogP contribution in [0.15, 0.2) is 24.3 Å². The third-order valence-corrected chi connectivity index (χ3v) is 3.58. The van der Waals surface area contributed by atoms with Crippen LogP contribution >= 0.6 is 0 Å². The number of hydrogen-bond acceptors (Lipinski definition) is 2. The monoisotopic (exact) mass is 229 g/mol. The van der Waals surface area contributed by atoms with Crippen molar-refractivity contribution in [2.24, 2.45) is 5.73 Å². The third kappa shape index (κ3) is 1.84. The highest BCUT2D eigenvalue weighted by Crippen LogP contribution is 2.40. The highest BCUT2D eigenvalue weighted by atomic mass is 15.1. The molecule has 0 saturated heterocycles. The first-order valence-electron chi connectivity index (χ1n) is 6.48. The molecule has 1 fully saturated rings. The molecule has 1 saturated carbocycles. The molecule has 0 bridgehead atoms. The Morgan fingerprint density at radius 3 is 2.88 bits per heavy atom. The fraction of sp³-hybridized carbons (Fsp3) is 0.500. The molecule has 1 heterocycles. The van der Waals surface area contributed by atoms with Crippen molar-refractivity contribution in [3.63, 3.8) is 0 Å². The van der Waals surface area contributed by atoms with Gasteiger partial charge in [0, 0.05) is 12.0 Å². The zero-order valence-corrected chi connectivity index (χ0v) is 10.3. The summed E-state index contributed by atoms with van der Waals surface area (Å²) in [4.78, 5) is 4.80. The minimum Gasteiger partial charge on any atom is -0.330 e. The first kappa shape index (κ1) is 10.8. The van der Waals surface area contributed by atoms with Crippen LogP contribution in [0.5, 0.6) is 0 Å². The van der Waals surface area contributed by atoms with Crippen LogP contribution in [0, 0.1) is 0 Å². The summed E-state index contributed by atoms with van der Waals surface area (Å²) in [5.74, 6) is 1.67. The Morgan fingerprint density at radius 2 is 2.18 bits per heavy atom. The predicted molar refractivity (Wildman–Crippen MR) is 70.1 cm³/mol. The van der Waals surface area contributed by atoms with Gasteiger partial charge < -0.3 is 10.3 Å². The van der Waals surface area contributed by atoms with Gasteiger partial charge in [-0.3, -0.25) is 0 Å². The maximum atomic E-state index is 5.67. The number of imidazole rings is 1. The topological polar surface area (TPSA) is 43.8 Å². The number of fused-ring (bicyclic) bond motifs is 1. The van der Waals surface area contributed by atoms with E-state index in [1.807, 2.05) is 0 Å². The fourth-order valence-electron chi connectivity index (χ4n) is 2.51. The van der Waals surface area contributed by atoms with Gasteiger partial charge in [-0.2, -0.15) is 0 Å². The molecular formula is C14H19N3. The number of rotatable bonds is 4. The van der Waals surface area contributed by atoms with Gasteiger partial charge in [0.1, 0.15) is 5.82 Å². The maximum Gasteiger partial charge on any atom is 0.113 e. The van der Waals surface area contributed by atoms with E-state index >= 15 is 0 Å². The second-order valence-electron chi connectivity index (χ2n) is 5.04. The molecule has 0 amide bonds. The van der Waals surface area contributed by atoms with Gasteiger partial charge in [-0.05, 0) is 37.9 Å². The van der Waals surface area contributed by atoms with Crippen LogP contribution in [0.4, 0.5) is 0 Å². The lowest BCUT2D eigenvalue weighted by Crippen LogP contribution is -2.10. The lowest BCUT2D eigenvalue weighted by Gasteiger charge is -2.13. The van der Waals surface area contributed by atoms with Crippen molar-refractivity contribution >= 4 is 11.0 Å². The van der Waals surface area contributed by atoms with Crippen LogP contribution < -0.4 is 5.73 Å². The normalized spacial score (nSPS) is 17.5. The average molecular weight is 229 g/mol. The molecule has 1 aromatic heterocycles. The molecule has 1 unspecified atom stereocenters. The molecule has 1 aliphatic carbocycles. The van der Waals surface area contributed by atoms with Gasteiger partial charge in [0.2, 0.25) is 0 Å². The Balaban J connectivity index is 2.12. The average Bonchev–Trinajstić information content (AvgIpc) is 3.09. The fourth-order valence-corrected chi connectivity index (χ4v) is 2.51. The van der Waals surface area contributed by atoms with E-state index in [1.165, 1.54) is 24.2 Å². The summed E-state index contributed by atoms with van der Waals surface area (Å²) in [6.45, 7) is 2.96. The molecular weight excluding hydrogens is 210 g/mol. The van der Waals surface area contributed by atoms with E-state index in [0.29, 0.717) is 12.0 Å². The van der Waals surface area contributed by atoms with Gasteiger partial charge in [0.25, 0.3) is 0 Å². The molecule has 0 aliphatic heterocycles. The van der Waals surface area contributed by atoms with Gasteiger partial charge in [0.15, 0.2) is 0 Å². The minimum atomic E-state index is 0.452. The van der Waals surface area contributed by atoms with Crippen LogP contribution in [-0.4, -0.2) is 16.1 Å². The molecule has 3 nitrogen and oxygen atoms in total. The van der Waals surface area contributed by atoms with Crippen molar-refractivity contribution in [2.45, 2.75) is 38.1 Å². The van der Waals surface area contributed by atoms with Crippen molar-refractivity contribution in [3.8, 4) is 0 Å². The van der Waals surface area contributed by atoms with Crippen molar-refractivity contribution < 1.29 is 0 Å². The highest BCUT2D eigenvalue weighted by Gasteiger charge is 2.29. The van der Waals surface area contributed by atoms with Gasteiger partial charge in [-0.15, -0.1) is 0 Å². The first-order valence-corrected chi connectivity index (χ1v) is 6.48. The molecule has 1 atom stereocenters. The van der Waals surface area contributed by atoms with Crippen LogP contribution in [-0.2, 0) is 0 Å². The van der Waals surface area contributed by atoms with E-state index in [1.54, 1.807) is 0 Å². The Morgan fingerprint density at radius 1 is 1.41 bits per heavy atom. The third-order valence-electron chi connectivity index (χ3n) is 3.58. The Bertz CT molecular complexity index is 525. The molecule has 0 spiro atoms. The molecule has 2 aromatic rings. The Labute approximate surface area is 102 Å². The quantitative estimate of drug-likeness (QED) is 0.876. The second kappa shape index (κ2) is 4.15. The Hall–Kier alpha value is -1.35. The summed E-state index contributed by atoms with van der Waals surface area (Å²) < 4.78 is 2.44. The van der Waals surface area contributed by atoms with Gasteiger partial charge in [-0.25, -0.2) is 4.98 Å². The summed E-state index contributed by atoms with van der Waals surface area (Å²) in [5, 5.41) is 0.